The molecule has 1 fully saturated rings. The van der Waals surface area contributed by atoms with Crippen LogP contribution in [-0.4, -0.2) is 54.2 Å². The predicted molar refractivity (Wildman–Crippen MR) is 83.5 cm³/mol. The molecule has 0 spiro atoms. The third-order valence-corrected chi connectivity index (χ3v) is 4.50. The van der Waals surface area contributed by atoms with Crippen molar-refractivity contribution in [3.05, 3.63) is 23.7 Å². The summed E-state index contributed by atoms with van der Waals surface area (Å²) in [6.07, 6.45) is 0.206. The molecule has 1 aliphatic rings. The van der Waals surface area contributed by atoms with E-state index in [0.29, 0.717) is 5.76 Å². The van der Waals surface area contributed by atoms with Gasteiger partial charge in [0, 0.05) is 33.1 Å². The van der Waals surface area contributed by atoms with E-state index in [-0.39, 0.29) is 36.4 Å². The second-order valence-corrected chi connectivity index (χ2v) is 6.55. The Labute approximate surface area is 135 Å². The average Bonchev–Trinajstić information content (AvgIpc) is 3.03. The number of hydrogen-bond acceptors (Lipinski definition) is 4. The first-order valence-corrected chi connectivity index (χ1v) is 7.49. The average molecular weight is 321 g/mol. The molecule has 1 aromatic heterocycles. The first-order valence-electron chi connectivity index (χ1n) is 7.49. The lowest BCUT2D eigenvalue weighted by Crippen LogP contribution is -2.46. The van der Waals surface area contributed by atoms with Gasteiger partial charge in [-0.3, -0.25) is 14.4 Å². The van der Waals surface area contributed by atoms with Crippen molar-refractivity contribution in [3.63, 3.8) is 0 Å². The van der Waals surface area contributed by atoms with Crippen LogP contribution in [-0.2, 0) is 16.1 Å². The third kappa shape index (κ3) is 3.23. The van der Waals surface area contributed by atoms with Gasteiger partial charge in [0.05, 0.1) is 12.5 Å². The molecule has 0 saturated carbocycles. The number of nitrogens with one attached hydrogen (secondary N) is 1. The highest BCUT2D eigenvalue weighted by molar-refractivity contribution is 5.91. The Bertz CT molecular complexity index is 633. The first kappa shape index (κ1) is 17.1. The highest BCUT2D eigenvalue weighted by Crippen LogP contribution is 2.34. The number of hydrogen-bond donors (Lipinski definition) is 1. The Hall–Kier alpha value is -2.31. The highest BCUT2D eigenvalue weighted by Gasteiger charge is 2.47. The molecule has 2 heterocycles. The smallest absolute Gasteiger partial charge is 0.289 e. The molecule has 23 heavy (non-hydrogen) atoms. The van der Waals surface area contributed by atoms with Gasteiger partial charge in [-0.25, -0.2) is 0 Å². The molecule has 1 unspecified atom stereocenters. The zero-order chi connectivity index (χ0) is 17.4. The molecular weight excluding hydrogens is 298 g/mol. The molecule has 0 bridgehead atoms. The van der Waals surface area contributed by atoms with Crippen molar-refractivity contribution in [1.29, 1.82) is 0 Å². The van der Waals surface area contributed by atoms with Crippen LogP contribution in [0.4, 0.5) is 0 Å². The normalized spacial score (nSPS) is 19.8. The molecule has 0 aliphatic carbocycles. The van der Waals surface area contributed by atoms with Crippen LogP contribution in [0.1, 0.15) is 36.6 Å². The Kier molecular flexibility index (Phi) is 4.49. The topological polar surface area (TPSA) is 82.9 Å². The van der Waals surface area contributed by atoms with E-state index in [0.717, 1.165) is 0 Å². The molecule has 1 saturated heterocycles. The SMILES string of the molecule is CN(C)C(=O)c1ccc(CNC(=O)C2CC(=O)N(C)C2(C)C)o1. The molecule has 126 valence electrons. The minimum absolute atomic E-state index is 0.0352. The number of rotatable bonds is 4. The lowest BCUT2D eigenvalue weighted by Gasteiger charge is -2.32. The highest BCUT2D eigenvalue weighted by atomic mass is 16.4. The lowest BCUT2D eigenvalue weighted by molar-refractivity contribution is -0.128. The van der Waals surface area contributed by atoms with E-state index in [1.807, 2.05) is 13.8 Å². The van der Waals surface area contributed by atoms with Gasteiger partial charge < -0.3 is 19.5 Å². The van der Waals surface area contributed by atoms with Gasteiger partial charge in [-0.05, 0) is 26.0 Å². The number of carbonyl (C=O) groups is 3. The number of amides is 3. The standard InChI is InChI=1S/C16H23N3O4/c1-16(2)11(8-13(20)19(16)5)14(21)17-9-10-6-7-12(23-10)15(22)18(3)4/h6-7,11H,8-9H2,1-5H3,(H,17,21). The van der Waals surface area contributed by atoms with E-state index in [9.17, 15) is 14.4 Å². The zero-order valence-electron chi connectivity index (χ0n) is 14.2. The second-order valence-electron chi connectivity index (χ2n) is 6.55. The number of carbonyl (C=O) groups excluding carboxylic acids is 3. The van der Waals surface area contributed by atoms with Crippen molar-refractivity contribution in [3.8, 4) is 0 Å². The van der Waals surface area contributed by atoms with E-state index < -0.39 is 11.5 Å². The van der Waals surface area contributed by atoms with Crippen LogP contribution in [0.5, 0.6) is 0 Å². The van der Waals surface area contributed by atoms with Crippen LogP contribution >= 0.6 is 0 Å². The summed E-state index contributed by atoms with van der Waals surface area (Å²) in [6, 6.07) is 3.24. The fourth-order valence-corrected chi connectivity index (χ4v) is 2.64. The molecule has 7 heteroatoms. The molecule has 0 aromatic carbocycles. The maximum Gasteiger partial charge on any atom is 0.289 e. The monoisotopic (exact) mass is 321 g/mol. The minimum Gasteiger partial charge on any atom is -0.454 e. The number of furan rings is 1. The summed E-state index contributed by atoms with van der Waals surface area (Å²) >= 11 is 0. The summed E-state index contributed by atoms with van der Waals surface area (Å²) in [5, 5.41) is 2.78. The van der Waals surface area contributed by atoms with Crippen molar-refractivity contribution in [2.45, 2.75) is 32.4 Å². The van der Waals surface area contributed by atoms with Gasteiger partial charge in [-0.2, -0.15) is 0 Å². The predicted octanol–water partition coefficient (Wildman–Crippen LogP) is 0.855. The van der Waals surface area contributed by atoms with Crippen LogP contribution in [0.3, 0.4) is 0 Å². The van der Waals surface area contributed by atoms with E-state index in [1.54, 1.807) is 38.2 Å². The number of likely N-dealkylation sites (tertiary alicyclic amines) is 1. The molecule has 1 atom stereocenters. The van der Waals surface area contributed by atoms with Gasteiger partial charge in [0.1, 0.15) is 5.76 Å². The van der Waals surface area contributed by atoms with Crippen molar-refractivity contribution in [2.75, 3.05) is 21.1 Å². The summed E-state index contributed by atoms with van der Waals surface area (Å²) in [5.41, 5.74) is -0.517. The Balaban J connectivity index is 1.98. The van der Waals surface area contributed by atoms with Crippen LogP contribution in [0.2, 0.25) is 0 Å². The van der Waals surface area contributed by atoms with Crippen molar-refractivity contribution in [2.24, 2.45) is 5.92 Å². The molecule has 0 radical (unpaired) electrons. The van der Waals surface area contributed by atoms with Gasteiger partial charge in [0.15, 0.2) is 5.76 Å². The maximum absolute atomic E-state index is 12.4. The van der Waals surface area contributed by atoms with Crippen LogP contribution in [0.25, 0.3) is 0 Å². The Morgan fingerprint density at radius 2 is 2.04 bits per heavy atom. The second kappa shape index (κ2) is 6.06. The fraction of sp³-hybridized carbons (Fsp3) is 0.562. The summed E-state index contributed by atoms with van der Waals surface area (Å²) in [5.74, 6) is -0.129. The number of nitrogens with zero attached hydrogens (tertiary/aromatic N) is 2. The van der Waals surface area contributed by atoms with Gasteiger partial charge in [-0.15, -0.1) is 0 Å². The Morgan fingerprint density at radius 1 is 1.39 bits per heavy atom. The summed E-state index contributed by atoms with van der Waals surface area (Å²) in [6.45, 7) is 3.94. The van der Waals surface area contributed by atoms with E-state index >= 15 is 0 Å². The summed E-state index contributed by atoms with van der Waals surface area (Å²) in [4.78, 5) is 39.0. The largest absolute Gasteiger partial charge is 0.454 e. The quantitative estimate of drug-likeness (QED) is 0.891. The molecule has 1 aromatic rings. The maximum atomic E-state index is 12.4. The fourth-order valence-electron chi connectivity index (χ4n) is 2.64. The van der Waals surface area contributed by atoms with Gasteiger partial charge in [-0.1, -0.05) is 0 Å². The van der Waals surface area contributed by atoms with Gasteiger partial charge >= 0.3 is 0 Å². The lowest BCUT2D eigenvalue weighted by atomic mass is 9.88. The molecular formula is C16H23N3O4. The van der Waals surface area contributed by atoms with E-state index in [4.69, 9.17) is 4.42 Å². The van der Waals surface area contributed by atoms with Gasteiger partial charge in [0.2, 0.25) is 11.8 Å². The minimum atomic E-state index is -0.517. The van der Waals surface area contributed by atoms with E-state index in [1.165, 1.54) is 4.90 Å². The third-order valence-electron chi connectivity index (χ3n) is 4.50. The van der Waals surface area contributed by atoms with Crippen molar-refractivity contribution in [1.82, 2.24) is 15.1 Å². The molecule has 1 N–H and O–H groups in total. The summed E-state index contributed by atoms with van der Waals surface area (Å²) in [7, 11) is 4.99. The summed E-state index contributed by atoms with van der Waals surface area (Å²) < 4.78 is 5.43. The Morgan fingerprint density at radius 3 is 2.57 bits per heavy atom. The van der Waals surface area contributed by atoms with Crippen LogP contribution < -0.4 is 5.32 Å². The van der Waals surface area contributed by atoms with Crippen molar-refractivity contribution < 1.29 is 18.8 Å². The zero-order valence-corrected chi connectivity index (χ0v) is 14.2. The van der Waals surface area contributed by atoms with Crippen LogP contribution in [0, 0.1) is 5.92 Å². The molecule has 1 aliphatic heterocycles. The molecule has 2 rings (SSSR count). The molecule has 3 amide bonds. The molecule has 7 nitrogen and oxygen atoms in total. The van der Waals surface area contributed by atoms with Crippen LogP contribution in [0.15, 0.2) is 16.5 Å². The van der Waals surface area contributed by atoms with E-state index in [2.05, 4.69) is 5.32 Å². The first-order chi connectivity index (χ1) is 10.6. The van der Waals surface area contributed by atoms with Gasteiger partial charge in [0.25, 0.3) is 5.91 Å². The van der Waals surface area contributed by atoms with Crippen molar-refractivity contribution >= 4 is 17.7 Å².